The number of hydrogen-bond donors (Lipinski definition) is 2. The van der Waals surface area contributed by atoms with Gasteiger partial charge in [0.25, 0.3) is 0 Å². The summed E-state index contributed by atoms with van der Waals surface area (Å²) in [6.07, 6.45) is 0. The minimum absolute atomic E-state index is 0.0897. The number of benzene rings is 2. The number of phenolic OH excluding ortho intramolecular Hbond substituents is 1. The predicted octanol–water partition coefficient (Wildman–Crippen LogP) is 2.93. The molecule has 4 nitrogen and oxygen atoms in total. The molecule has 0 heterocycles. The molecule has 0 aromatic heterocycles. The van der Waals surface area contributed by atoms with Gasteiger partial charge in [0.05, 0.1) is 0 Å². The van der Waals surface area contributed by atoms with Crippen molar-refractivity contribution in [3.8, 4) is 11.5 Å². The van der Waals surface area contributed by atoms with Gasteiger partial charge in [0.15, 0.2) is 0 Å². The van der Waals surface area contributed by atoms with Crippen LogP contribution in [0, 0.1) is 0 Å². The lowest BCUT2D eigenvalue weighted by molar-refractivity contribution is -0.114. The molecule has 19 heavy (non-hydrogen) atoms. The average Bonchev–Trinajstić information content (AvgIpc) is 2.39. The number of nitrogens with one attached hydrogen (secondary N) is 1. The molecular formula is C15H15NO3. The predicted molar refractivity (Wildman–Crippen MR) is 73.2 cm³/mol. The molecule has 0 saturated heterocycles. The monoisotopic (exact) mass is 257 g/mol. The van der Waals surface area contributed by atoms with E-state index in [0.717, 1.165) is 11.3 Å². The van der Waals surface area contributed by atoms with Crippen LogP contribution in [0.4, 0.5) is 5.69 Å². The van der Waals surface area contributed by atoms with Crippen LogP contribution in [0.2, 0.25) is 0 Å². The van der Waals surface area contributed by atoms with E-state index in [-0.39, 0.29) is 11.7 Å². The minimum atomic E-state index is -0.0897. The number of rotatable bonds is 4. The minimum Gasteiger partial charge on any atom is -0.508 e. The molecule has 2 aromatic carbocycles. The van der Waals surface area contributed by atoms with Gasteiger partial charge in [-0.15, -0.1) is 0 Å². The first-order chi connectivity index (χ1) is 9.13. The second-order valence-corrected chi connectivity index (χ2v) is 4.16. The summed E-state index contributed by atoms with van der Waals surface area (Å²) < 4.78 is 5.57. The number of aromatic hydroxyl groups is 1. The van der Waals surface area contributed by atoms with Crippen LogP contribution in [0.15, 0.2) is 48.5 Å². The molecule has 0 aliphatic heterocycles. The third kappa shape index (κ3) is 4.03. The van der Waals surface area contributed by atoms with Gasteiger partial charge in [0, 0.05) is 12.6 Å². The van der Waals surface area contributed by atoms with Crippen LogP contribution in [0.5, 0.6) is 11.5 Å². The van der Waals surface area contributed by atoms with Crippen LogP contribution in [0.1, 0.15) is 12.5 Å². The van der Waals surface area contributed by atoms with Gasteiger partial charge in [0.1, 0.15) is 18.1 Å². The second-order valence-electron chi connectivity index (χ2n) is 4.16. The molecule has 0 fully saturated rings. The molecule has 0 atom stereocenters. The molecule has 0 spiro atoms. The Morgan fingerprint density at radius 2 is 1.74 bits per heavy atom. The number of hydrogen-bond acceptors (Lipinski definition) is 3. The fourth-order valence-corrected chi connectivity index (χ4v) is 1.60. The lowest BCUT2D eigenvalue weighted by Gasteiger charge is -2.07. The molecule has 2 aromatic rings. The summed E-state index contributed by atoms with van der Waals surface area (Å²) in [5.41, 5.74) is 1.77. The Labute approximate surface area is 111 Å². The van der Waals surface area contributed by atoms with Crippen LogP contribution >= 0.6 is 0 Å². The molecule has 2 N–H and O–H groups in total. The highest BCUT2D eigenvalue weighted by Gasteiger charge is 1.98. The zero-order chi connectivity index (χ0) is 13.7. The van der Waals surface area contributed by atoms with Crippen LogP contribution in [0.3, 0.4) is 0 Å². The Hall–Kier alpha value is -2.49. The molecule has 4 heteroatoms. The van der Waals surface area contributed by atoms with Crippen molar-refractivity contribution in [3.05, 3.63) is 54.1 Å². The molecule has 0 aliphatic carbocycles. The molecule has 0 aliphatic rings. The molecule has 0 radical (unpaired) electrons. The van der Waals surface area contributed by atoms with E-state index in [1.165, 1.54) is 6.92 Å². The van der Waals surface area contributed by atoms with Gasteiger partial charge in [0.2, 0.25) is 5.91 Å². The smallest absolute Gasteiger partial charge is 0.221 e. The average molecular weight is 257 g/mol. The van der Waals surface area contributed by atoms with Crippen molar-refractivity contribution in [1.82, 2.24) is 0 Å². The summed E-state index contributed by atoms with van der Waals surface area (Å²) in [6, 6.07) is 14.0. The van der Waals surface area contributed by atoms with Crippen molar-refractivity contribution in [2.75, 3.05) is 5.32 Å². The number of anilines is 1. The van der Waals surface area contributed by atoms with Crippen molar-refractivity contribution in [2.45, 2.75) is 13.5 Å². The summed E-state index contributed by atoms with van der Waals surface area (Å²) >= 11 is 0. The van der Waals surface area contributed by atoms with Crippen molar-refractivity contribution in [2.24, 2.45) is 0 Å². The topological polar surface area (TPSA) is 58.6 Å². The maximum atomic E-state index is 10.9. The van der Waals surface area contributed by atoms with Crippen LogP contribution in [-0.2, 0) is 11.4 Å². The van der Waals surface area contributed by atoms with E-state index >= 15 is 0 Å². The van der Waals surface area contributed by atoms with Gasteiger partial charge in [-0.05, 0) is 42.0 Å². The molecule has 0 bridgehead atoms. The SMILES string of the molecule is CC(=O)Nc1ccc(COc2ccc(O)cc2)cc1. The summed E-state index contributed by atoms with van der Waals surface area (Å²) in [6.45, 7) is 1.91. The third-order valence-electron chi connectivity index (χ3n) is 2.52. The van der Waals surface area contributed by atoms with Crippen molar-refractivity contribution in [1.29, 1.82) is 0 Å². The first-order valence-corrected chi connectivity index (χ1v) is 5.92. The zero-order valence-corrected chi connectivity index (χ0v) is 10.6. The van der Waals surface area contributed by atoms with E-state index in [4.69, 9.17) is 9.84 Å². The largest absolute Gasteiger partial charge is 0.508 e. The van der Waals surface area contributed by atoms with Crippen molar-refractivity contribution < 1.29 is 14.6 Å². The Morgan fingerprint density at radius 1 is 1.11 bits per heavy atom. The molecule has 2 rings (SSSR count). The lowest BCUT2D eigenvalue weighted by atomic mass is 10.2. The molecule has 1 amide bonds. The summed E-state index contributed by atoms with van der Waals surface area (Å²) in [7, 11) is 0. The van der Waals surface area contributed by atoms with Gasteiger partial charge in [-0.1, -0.05) is 12.1 Å². The maximum absolute atomic E-state index is 10.9. The molecule has 0 unspecified atom stereocenters. The lowest BCUT2D eigenvalue weighted by Crippen LogP contribution is -2.05. The third-order valence-corrected chi connectivity index (χ3v) is 2.52. The van der Waals surface area contributed by atoms with E-state index in [2.05, 4.69) is 5.32 Å². The summed E-state index contributed by atoms with van der Waals surface area (Å²) in [5.74, 6) is 0.823. The van der Waals surface area contributed by atoms with Gasteiger partial charge in [-0.2, -0.15) is 0 Å². The van der Waals surface area contributed by atoms with E-state index < -0.39 is 0 Å². The maximum Gasteiger partial charge on any atom is 0.221 e. The van der Waals surface area contributed by atoms with Gasteiger partial charge in [-0.25, -0.2) is 0 Å². The van der Waals surface area contributed by atoms with Gasteiger partial charge < -0.3 is 15.2 Å². The van der Waals surface area contributed by atoms with E-state index in [9.17, 15) is 4.79 Å². The Morgan fingerprint density at radius 3 is 2.32 bits per heavy atom. The number of amides is 1. The highest BCUT2D eigenvalue weighted by Crippen LogP contribution is 2.18. The van der Waals surface area contributed by atoms with Crippen molar-refractivity contribution in [3.63, 3.8) is 0 Å². The fourth-order valence-electron chi connectivity index (χ4n) is 1.60. The van der Waals surface area contributed by atoms with Gasteiger partial charge in [-0.3, -0.25) is 4.79 Å². The second kappa shape index (κ2) is 5.91. The van der Waals surface area contributed by atoms with Crippen molar-refractivity contribution >= 4 is 11.6 Å². The van der Waals surface area contributed by atoms with Gasteiger partial charge >= 0.3 is 0 Å². The summed E-state index contributed by atoms with van der Waals surface area (Å²) in [5, 5.41) is 11.9. The Kier molecular flexibility index (Phi) is 4.03. The van der Waals surface area contributed by atoms with E-state index in [0.29, 0.717) is 12.4 Å². The number of phenols is 1. The highest BCUT2D eigenvalue weighted by atomic mass is 16.5. The Balaban J connectivity index is 1.92. The number of carbonyl (C=O) groups excluding carboxylic acids is 1. The van der Waals surface area contributed by atoms with E-state index in [1.54, 1.807) is 24.3 Å². The van der Waals surface area contributed by atoms with Crippen LogP contribution in [0.25, 0.3) is 0 Å². The first-order valence-electron chi connectivity index (χ1n) is 5.92. The highest BCUT2D eigenvalue weighted by molar-refractivity contribution is 5.88. The quantitative estimate of drug-likeness (QED) is 0.885. The molecule has 98 valence electrons. The molecular weight excluding hydrogens is 242 g/mol. The number of carbonyl (C=O) groups is 1. The normalized spacial score (nSPS) is 9.95. The van der Waals surface area contributed by atoms with Crippen LogP contribution in [-0.4, -0.2) is 11.0 Å². The van der Waals surface area contributed by atoms with E-state index in [1.807, 2.05) is 24.3 Å². The molecule has 0 saturated carbocycles. The zero-order valence-electron chi connectivity index (χ0n) is 10.6. The standard InChI is InChI=1S/C15H15NO3/c1-11(17)16-13-4-2-12(3-5-13)10-19-15-8-6-14(18)7-9-15/h2-9,18H,10H2,1H3,(H,16,17). The first kappa shape index (κ1) is 13.0. The summed E-state index contributed by atoms with van der Waals surface area (Å²) in [4.78, 5) is 10.9. The number of ether oxygens (including phenoxy) is 1. The fraction of sp³-hybridized carbons (Fsp3) is 0.133. The Bertz CT molecular complexity index is 547. The van der Waals surface area contributed by atoms with Crippen LogP contribution < -0.4 is 10.1 Å².